The maximum atomic E-state index is 12.8. The van der Waals surface area contributed by atoms with Crippen molar-refractivity contribution in [2.24, 2.45) is 13.0 Å². The van der Waals surface area contributed by atoms with Crippen LogP contribution in [0.15, 0.2) is 12.4 Å². The Kier molecular flexibility index (Phi) is 5.95. The topological polar surface area (TPSA) is 94.5 Å². The molecule has 0 saturated carbocycles. The van der Waals surface area contributed by atoms with Crippen molar-refractivity contribution in [2.45, 2.75) is 24.8 Å². The van der Waals surface area contributed by atoms with Crippen LogP contribution in [0.4, 0.5) is 0 Å². The van der Waals surface area contributed by atoms with Crippen molar-refractivity contribution in [1.82, 2.24) is 20.4 Å². The van der Waals surface area contributed by atoms with Gasteiger partial charge in [0.25, 0.3) is 0 Å². The molecule has 8 heteroatoms. The van der Waals surface area contributed by atoms with Gasteiger partial charge in [-0.2, -0.15) is 5.10 Å². The quantitative estimate of drug-likeness (QED) is 0.669. The number of hydrogen-bond acceptors (Lipinski definition) is 6. The maximum Gasteiger partial charge on any atom is 0.307 e. The van der Waals surface area contributed by atoms with Crippen LogP contribution < -0.4 is 10.6 Å². The minimum absolute atomic E-state index is 0.0563. The fourth-order valence-electron chi connectivity index (χ4n) is 3.17. The van der Waals surface area contributed by atoms with Crippen molar-refractivity contribution in [1.29, 1.82) is 0 Å². The Morgan fingerprint density at radius 1 is 1.46 bits per heavy atom. The predicted octanol–water partition coefficient (Wildman–Crippen LogP) is -0.192. The van der Waals surface area contributed by atoms with E-state index in [0.29, 0.717) is 6.54 Å². The number of rotatable bonds is 7. The van der Waals surface area contributed by atoms with E-state index in [4.69, 9.17) is 9.47 Å². The van der Waals surface area contributed by atoms with E-state index in [0.717, 1.165) is 12.1 Å². The number of hydrogen-bond donors (Lipinski definition) is 2. The fourth-order valence-corrected chi connectivity index (χ4v) is 3.17. The van der Waals surface area contributed by atoms with Gasteiger partial charge in [0.15, 0.2) is 0 Å². The van der Waals surface area contributed by atoms with Crippen LogP contribution in [-0.4, -0.2) is 61.1 Å². The molecule has 1 saturated heterocycles. The first-order chi connectivity index (χ1) is 11.4. The summed E-state index contributed by atoms with van der Waals surface area (Å²) in [6.07, 6.45) is 3.78. The van der Waals surface area contributed by atoms with Crippen molar-refractivity contribution in [3.05, 3.63) is 18.0 Å². The normalized spacial score (nSPS) is 22.8. The minimum atomic E-state index is -0.805. The summed E-state index contributed by atoms with van der Waals surface area (Å²) in [5.74, 6) is -0.646. The second-order valence-electron chi connectivity index (χ2n) is 6.55. The Balaban J connectivity index is 2.09. The van der Waals surface area contributed by atoms with Crippen LogP contribution in [0.3, 0.4) is 0 Å². The third kappa shape index (κ3) is 4.33. The molecule has 0 spiro atoms. The highest BCUT2D eigenvalue weighted by Gasteiger charge is 2.38. The molecule has 1 amide bonds. The lowest BCUT2D eigenvalue weighted by molar-refractivity contribution is -0.143. The Hall–Kier alpha value is -1.93. The highest BCUT2D eigenvalue weighted by Crippen LogP contribution is 2.28. The molecule has 2 heterocycles. The molecule has 0 aromatic carbocycles. The lowest BCUT2D eigenvalue weighted by Crippen LogP contribution is -2.53. The highest BCUT2D eigenvalue weighted by atomic mass is 16.5. The van der Waals surface area contributed by atoms with Crippen molar-refractivity contribution in [3.8, 4) is 0 Å². The molecule has 0 aliphatic carbocycles. The summed E-state index contributed by atoms with van der Waals surface area (Å²) >= 11 is 0. The number of ether oxygens (including phenoxy) is 2. The van der Waals surface area contributed by atoms with E-state index in [9.17, 15) is 9.59 Å². The fraction of sp³-hybridized carbons (Fsp3) is 0.688. The number of amides is 1. The predicted molar refractivity (Wildman–Crippen MR) is 87.4 cm³/mol. The van der Waals surface area contributed by atoms with Gasteiger partial charge in [-0.05, 0) is 12.5 Å². The minimum Gasteiger partial charge on any atom is -0.469 e. The second-order valence-corrected chi connectivity index (χ2v) is 6.55. The standard InChI is InChI=1S/C16H26N4O4/c1-16(10-23-3,5-14(21)24-4)19-15(22)13-8-17-7-12(13)11-6-18-20(2)9-11/h6,9,12-13,17H,5,7-8,10H2,1-4H3,(H,19,22)/t12-,13+,16?/m1/s1. The number of aryl methyl sites for hydroxylation is 1. The van der Waals surface area contributed by atoms with E-state index in [-0.39, 0.29) is 36.7 Å². The molecular weight excluding hydrogens is 312 g/mol. The summed E-state index contributed by atoms with van der Waals surface area (Å²) in [4.78, 5) is 24.5. The first kappa shape index (κ1) is 18.4. The zero-order valence-corrected chi connectivity index (χ0v) is 14.7. The summed E-state index contributed by atoms with van der Waals surface area (Å²) in [5.41, 5.74) is 0.227. The Labute approximate surface area is 141 Å². The van der Waals surface area contributed by atoms with Crippen LogP contribution in [-0.2, 0) is 26.1 Å². The lowest BCUT2D eigenvalue weighted by Gasteiger charge is -2.31. The van der Waals surface area contributed by atoms with Crippen LogP contribution >= 0.6 is 0 Å². The molecule has 1 aromatic rings. The Bertz CT molecular complexity index is 588. The summed E-state index contributed by atoms with van der Waals surface area (Å²) in [6.45, 7) is 3.33. The van der Waals surface area contributed by atoms with E-state index in [2.05, 4.69) is 15.7 Å². The SMILES string of the molecule is COCC(C)(CC(=O)OC)NC(=O)[C@H]1CNC[C@@H]1c1cnn(C)c1. The molecule has 1 aliphatic heterocycles. The van der Waals surface area contributed by atoms with Crippen molar-refractivity contribution in [2.75, 3.05) is 33.9 Å². The van der Waals surface area contributed by atoms with Crippen LogP contribution in [0.5, 0.6) is 0 Å². The van der Waals surface area contributed by atoms with Crippen molar-refractivity contribution >= 4 is 11.9 Å². The van der Waals surface area contributed by atoms with Gasteiger partial charge in [-0.15, -0.1) is 0 Å². The Morgan fingerprint density at radius 2 is 2.21 bits per heavy atom. The third-order valence-electron chi connectivity index (χ3n) is 4.35. The maximum absolute atomic E-state index is 12.8. The summed E-state index contributed by atoms with van der Waals surface area (Å²) in [7, 11) is 4.72. The van der Waals surface area contributed by atoms with Crippen LogP contribution in [0.25, 0.3) is 0 Å². The molecule has 24 heavy (non-hydrogen) atoms. The van der Waals surface area contributed by atoms with Gasteiger partial charge < -0.3 is 20.1 Å². The third-order valence-corrected chi connectivity index (χ3v) is 4.35. The molecule has 1 aromatic heterocycles. The largest absolute Gasteiger partial charge is 0.469 e. The highest BCUT2D eigenvalue weighted by molar-refractivity contribution is 5.82. The van der Waals surface area contributed by atoms with Gasteiger partial charge in [-0.25, -0.2) is 0 Å². The number of aromatic nitrogens is 2. The lowest BCUT2D eigenvalue weighted by atomic mass is 9.88. The van der Waals surface area contributed by atoms with Crippen molar-refractivity contribution < 1.29 is 19.1 Å². The molecule has 1 unspecified atom stereocenters. The summed E-state index contributed by atoms with van der Waals surface area (Å²) < 4.78 is 11.6. The smallest absolute Gasteiger partial charge is 0.307 e. The van der Waals surface area contributed by atoms with E-state index in [1.54, 1.807) is 17.8 Å². The van der Waals surface area contributed by atoms with E-state index >= 15 is 0 Å². The van der Waals surface area contributed by atoms with Gasteiger partial charge in [0.2, 0.25) is 5.91 Å². The molecule has 0 bridgehead atoms. The van der Waals surface area contributed by atoms with Crippen LogP contribution in [0.1, 0.15) is 24.8 Å². The van der Waals surface area contributed by atoms with Gasteiger partial charge in [-0.1, -0.05) is 0 Å². The van der Waals surface area contributed by atoms with Gasteiger partial charge in [-0.3, -0.25) is 14.3 Å². The van der Waals surface area contributed by atoms with Crippen LogP contribution in [0, 0.1) is 5.92 Å². The van der Waals surface area contributed by atoms with E-state index in [1.165, 1.54) is 14.2 Å². The average Bonchev–Trinajstić information content (AvgIpc) is 3.15. The molecule has 2 N–H and O–H groups in total. The molecule has 0 radical (unpaired) electrons. The number of carbonyl (C=O) groups excluding carboxylic acids is 2. The van der Waals surface area contributed by atoms with E-state index < -0.39 is 5.54 Å². The average molecular weight is 338 g/mol. The van der Waals surface area contributed by atoms with Crippen LogP contribution in [0.2, 0.25) is 0 Å². The molecule has 3 atom stereocenters. The number of nitrogens with one attached hydrogen (secondary N) is 2. The number of nitrogens with zero attached hydrogens (tertiary/aromatic N) is 2. The zero-order chi connectivity index (χ0) is 17.7. The molecular formula is C16H26N4O4. The Morgan fingerprint density at radius 3 is 2.79 bits per heavy atom. The molecule has 2 rings (SSSR count). The van der Waals surface area contributed by atoms with E-state index in [1.807, 2.05) is 13.2 Å². The summed E-state index contributed by atoms with van der Waals surface area (Å²) in [6, 6.07) is 0. The van der Waals surface area contributed by atoms with Gasteiger partial charge in [0.05, 0.1) is 37.8 Å². The number of carbonyl (C=O) groups is 2. The number of esters is 1. The number of methoxy groups -OCH3 is 2. The van der Waals surface area contributed by atoms with Gasteiger partial charge >= 0.3 is 5.97 Å². The first-order valence-corrected chi connectivity index (χ1v) is 7.95. The van der Waals surface area contributed by atoms with Gasteiger partial charge in [0, 0.05) is 39.4 Å². The molecule has 134 valence electrons. The second kappa shape index (κ2) is 7.76. The molecule has 8 nitrogen and oxygen atoms in total. The first-order valence-electron chi connectivity index (χ1n) is 7.95. The van der Waals surface area contributed by atoms with Gasteiger partial charge in [0.1, 0.15) is 0 Å². The van der Waals surface area contributed by atoms with Crippen molar-refractivity contribution in [3.63, 3.8) is 0 Å². The summed E-state index contributed by atoms with van der Waals surface area (Å²) in [5, 5.41) is 10.4. The zero-order valence-electron chi connectivity index (χ0n) is 14.7. The monoisotopic (exact) mass is 338 g/mol. The molecule has 1 aliphatic rings. The molecule has 1 fully saturated rings.